The Labute approximate surface area is 170 Å². The minimum Gasteiger partial charge on any atom is -0.480 e. The van der Waals surface area contributed by atoms with E-state index in [0.717, 1.165) is 42.2 Å². The number of rotatable bonds is 7. The highest BCUT2D eigenvalue weighted by Gasteiger charge is 2.24. The lowest BCUT2D eigenvalue weighted by molar-refractivity contribution is -0.138. The molecule has 1 aliphatic heterocycles. The Bertz CT molecular complexity index is 973. The number of aromatic nitrogens is 2. The molecule has 152 valence electrons. The normalized spacial score (nSPS) is 17.8. The Morgan fingerprint density at radius 3 is 2.83 bits per heavy atom. The van der Waals surface area contributed by atoms with Crippen molar-refractivity contribution in [3.05, 3.63) is 60.4 Å². The molecule has 4 rings (SSSR count). The predicted molar refractivity (Wildman–Crippen MR) is 111 cm³/mol. The first-order valence-electron chi connectivity index (χ1n) is 9.86. The van der Waals surface area contributed by atoms with Gasteiger partial charge in [-0.3, -0.25) is 14.6 Å². The molecule has 0 spiro atoms. The van der Waals surface area contributed by atoms with Gasteiger partial charge in [0, 0.05) is 37.9 Å². The molecular weight excluding hydrogens is 368 g/mol. The van der Waals surface area contributed by atoms with Crippen LogP contribution in [-0.2, 0) is 16.1 Å². The average molecular weight is 394 g/mol. The van der Waals surface area contributed by atoms with Crippen molar-refractivity contribution in [1.29, 1.82) is 0 Å². The summed E-state index contributed by atoms with van der Waals surface area (Å²) in [7, 11) is 1.81. The Hall–Kier alpha value is -2.74. The quantitative estimate of drug-likeness (QED) is 0.663. The fourth-order valence-electron chi connectivity index (χ4n) is 3.91. The number of ether oxygens (including phenoxy) is 1. The van der Waals surface area contributed by atoms with Crippen LogP contribution < -0.4 is 0 Å². The molecule has 2 aromatic heterocycles. The van der Waals surface area contributed by atoms with Crippen molar-refractivity contribution in [3.8, 4) is 11.3 Å². The van der Waals surface area contributed by atoms with Gasteiger partial charge in [-0.05, 0) is 19.2 Å². The smallest absolute Gasteiger partial charge is 0.317 e. The molecular formula is C22H26N4O3. The number of hydrogen-bond donors (Lipinski definition) is 1. The molecule has 0 radical (unpaired) electrons. The Morgan fingerprint density at radius 1 is 1.24 bits per heavy atom. The summed E-state index contributed by atoms with van der Waals surface area (Å²) in [6.45, 7) is 3.62. The maximum atomic E-state index is 10.9. The molecule has 7 heteroatoms. The zero-order chi connectivity index (χ0) is 20.2. The molecule has 7 nitrogen and oxygen atoms in total. The minimum atomic E-state index is -0.821. The number of carbonyl (C=O) groups is 1. The van der Waals surface area contributed by atoms with E-state index < -0.39 is 5.97 Å². The number of nitrogens with zero attached hydrogens (tertiary/aromatic N) is 4. The largest absolute Gasteiger partial charge is 0.480 e. The zero-order valence-electron chi connectivity index (χ0n) is 16.6. The highest BCUT2D eigenvalue weighted by atomic mass is 16.5. The molecule has 1 atom stereocenters. The summed E-state index contributed by atoms with van der Waals surface area (Å²) in [5, 5.41) is 8.97. The number of morpholine rings is 1. The van der Waals surface area contributed by atoms with Gasteiger partial charge in [0.15, 0.2) is 0 Å². The van der Waals surface area contributed by atoms with Crippen LogP contribution in [0, 0.1) is 0 Å². The topological polar surface area (TPSA) is 70.3 Å². The van der Waals surface area contributed by atoms with Crippen LogP contribution in [0.4, 0.5) is 0 Å². The number of aliphatic carboxylic acids is 1. The van der Waals surface area contributed by atoms with Gasteiger partial charge in [-0.2, -0.15) is 0 Å². The Balaban J connectivity index is 1.55. The molecule has 0 bridgehead atoms. The molecule has 1 aromatic carbocycles. The molecule has 3 heterocycles. The number of fused-ring (bicyclic) bond motifs is 1. The Kier molecular flexibility index (Phi) is 5.89. The number of pyridine rings is 1. The third-order valence-electron chi connectivity index (χ3n) is 5.19. The van der Waals surface area contributed by atoms with E-state index >= 15 is 0 Å². The van der Waals surface area contributed by atoms with Gasteiger partial charge in [-0.1, -0.05) is 36.4 Å². The summed E-state index contributed by atoms with van der Waals surface area (Å²) in [5.41, 5.74) is 4.21. The number of carboxylic acids is 1. The van der Waals surface area contributed by atoms with Crippen LogP contribution in [0.15, 0.2) is 54.7 Å². The molecule has 29 heavy (non-hydrogen) atoms. The van der Waals surface area contributed by atoms with Crippen molar-refractivity contribution in [2.75, 3.05) is 39.8 Å². The summed E-state index contributed by atoms with van der Waals surface area (Å²) in [6, 6.07) is 16.3. The van der Waals surface area contributed by atoms with E-state index in [1.807, 2.05) is 43.4 Å². The van der Waals surface area contributed by atoms with Crippen molar-refractivity contribution >= 4 is 11.6 Å². The van der Waals surface area contributed by atoms with E-state index in [4.69, 9.17) is 14.8 Å². The van der Waals surface area contributed by atoms with Crippen LogP contribution in [0.5, 0.6) is 0 Å². The summed E-state index contributed by atoms with van der Waals surface area (Å²) >= 11 is 0. The highest BCUT2D eigenvalue weighted by Crippen LogP contribution is 2.26. The number of carboxylic acid groups (broad SMARTS) is 1. The molecule has 1 fully saturated rings. The van der Waals surface area contributed by atoms with Crippen LogP contribution in [0.25, 0.3) is 16.9 Å². The number of likely N-dealkylation sites (N-methyl/N-ethyl adjacent to an activating group) is 1. The van der Waals surface area contributed by atoms with Gasteiger partial charge in [0.05, 0.1) is 30.6 Å². The van der Waals surface area contributed by atoms with Gasteiger partial charge in [0.25, 0.3) is 0 Å². The van der Waals surface area contributed by atoms with E-state index in [0.29, 0.717) is 13.2 Å². The fraction of sp³-hybridized carbons (Fsp3) is 0.364. The van der Waals surface area contributed by atoms with E-state index in [-0.39, 0.29) is 12.6 Å². The SMILES string of the molecule is CN(CC(=O)O)CC1CN(Cc2c(-c3ccccc3)nc3ccccn23)CCO1. The van der Waals surface area contributed by atoms with Crippen molar-refractivity contribution in [1.82, 2.24) is 19.2 Å². The Morgan fingerprint density at radius 2 is 2.03 bits per heavy atom. The van der Waals surface area contributed by atoms with E-state index in [9.17, 15) is 4.79 Å². The lowest BCUT2D eigenvalue weighted by Gasteiger charge is -2.34. The maximum absolute atomic E-state index is 10.9. The standard InChI is InChI=1S/C22H26N4O3/c1-24(16-21(27)28)13-18-14-25(11-12-29-18)15-19-22(17-7-3-2-4-8-17)23-20-9-5-6-10-26(19)20/h2-10,18H,11-16H2,1H3,(H,27,28). The lowest BCUT2D eigenvalue weighted by Crippen LogP contribution is -2.47. The average Bonchev–Trinajstić information content (AvgIpc) is 3.07. The van der Waals surface area contributed by atoms with Crippen LogP contribution in [0.2, 0.25) is 0 Å². The van der Waals surface area contributed by atoms with Gasteiger partial charge < -0.3 is 14.2 Å². The van der Waals surface area contributed by atoms with Crippen molar-refractivity contribution in [2.24, 2.45) is 0 Å². The van der Waals surface area contributed by atoms with Crippen LogP contribution in [-0.4, -0.2) is 76.2 Å². The van der Waals surface area contributed by atoms with Gasteiger partial charge in [0.1, 0.15) is 5.65 Å². The first kappa shape index (κ1) is 19.6. The highest BCUT2D eigenvalue weighted by molar-refractivity contribution is 5.69. The van der Waals surface area contributed by atoms with E-state index in [1.54, 1.807) is 4.90 Å². The molecule has 1 N–H and O–H groups in total. The van der Waals surface area contributed by atoms with Gasteiger partial charge in [-0.15, -0.1) is 0 Å². The monoisotopic (exact) mass is 394 g/mol. The number of hydrogen-bond acceptors (Lipinski definition) is 5. The van der Waals surface area contributed by atoms with Gasteiger partial charge in [0.2, 0.25) is 0 Å². The van der Waals surface area contributed by atoms with E-state index in [2.05, 4.69) is 27.6 Å². The van der Waals surface area contributed by atoms with Crippen molar-refractivity contribution in [2.45, 2.75) is 12.6 Å². The number of imidazole rings is 1. The molecule has 1 saturated heterocycles. The first-order valence-corrected chi connectivity index (χ1v) is 9.86. The fourth-order valence-corrected chi connectivity index (χ4v) is 3.91. The summed E-state index contributed by atoms with van der Waals surface area (Å²) in [4.78, 5) is 20.0. The van der Waals surface area contributed by atoms with Crippen LogP contribution in [0.1, 0.15) is 5.69 Å². The third kappa shape index (κ3) is 4.64. The van der Waals surface area contributed by atoms with Gasteiger partial charge in [-0.25, -0.2) is 4.98 Å². The summed E-state index contributed by atoms with van der Waals surface area (Å²) in [6.07, 6.45) is 2.05. The van der Waals surface area contributed by atoms with Crippen molar-refractivity contribution < 1.29 is 14.6 Å². The minimum absolute atomic E-state index is 0.00698. The molecule has 3 aromatic rings. The van der Waals surface area contributed by atoms with Gasteiger partial charge >= 0.3 is 5.97 Å². The second kappa shape index (κ2) is 8.73. The summed E-state index contributed by atoms with van der Waals surface area (Å²) in [5.74, 6) is -0.821. The number of benzene rings is 1. The molecule has 1 aliphatic rings. The molecule has 0 amide bonds. The van der Waals surface area contributed by atoms with Crippen molar-refractivity contribution in [3.63, 3.8) is 0 Å². The second-order valence-electron chi connectivity index (χ2n) is 7.52. The summed E-state index contributed by atoms with van der Waals surface area (Å²) < 4.78 is 8.04. The molecule has 0 aliphatic carbocycles. The second-order valence-corrected chi connectivity index (χ2v) is 7.52. The third-order valence-corrected chi connectivity index (χ3v) is 5.19. The predicted octanol–water partition coefficient (Wildman–Crippen LogP) is 2.22. The van der Waals surface area contributed by atoms with Crippen LogP contribution >= 0.6 is 0 Å². The zero-order valence-corrected chi connectivity index (χ0v) is 16.6. The van der Waals surface area contributed by atoms with Crippen LogP contribution in [0.3, 0.4) is 0 Å². The maximum Gasteiger partial charge on any atom is 0.317 e. The lowest BCUT2D eigenvalue weighted by atomic mass is 10.1. The molecule has 0 saturated carbocycles. The first-order chi connectivity index (χ1) is 14.1. The van der Waals surface area contributed by atoms with E-state index in [1.165, 1.54) is 0 Å². The molecule has 1 unspecified atom stereocenters.